The van der Waals surface area contributed by atoms with E-state index in [0.29, 0.717) is 18.0 Å². The molecule has 0 aromatic heterocycles. The average Bonchev–Trinajstić information content (AvgIpc) is 3.49. The molecule has 2 aromatic rings. The van der Waals surface area contributed by atoms with Crippen LogP contribution in [0.25, 0.3) is 0 Å². The summed E-state index contributed by atoms with van der Waals surface area (Å²) in [7, 11) is 0. The molecule has 2 saturated heterocycles. The second-order valence-corrected chi connectivity index (χ2v) is 11.8. The molecule has 0 radical (unpaired) electrons. The first-order valence-corrected chi connectivity index (χ1v) is 15.3. The lowest BCUT2D eigenvalue weighted by Crippen LogP contribution is -2.51. The molecule has 0 unspecified atom stereocenters. The van der Waals surface area contributed by atoms with Crippen LogP contribution in [0.5, 0.6) is 0 Å². The van der Waals surface area contributed by atoms with Crippen LogP contribution in [-0.4, -0.2) is 76.4 Å². The van der Waals surface area contributed by atoms with Crippen molar-refractivity contribution in [3.63, 3.8) is 0 Å². The van der Waals surface area contributed by atoms with Gasteiger partial charge in [0.15, 0.2) is 0 Å². The maximum Gasteiger partial charge on any atom is 0.410 e. The van der Waals surface area contributed by atoms with Crippen molar-refractivity contribution in [3.8, 4) is 0 Å². The van der Waals surface area contributed by atoms with Gasteiger partial charge in [0.1, 0.15) is 6.61 Å². The number of nitro benzene ring substituents is 1. The Balaban J connectivity index is 1.21. The maximum atomic E-state index is 13.5. The van der Waals surface area contributed by atoms with Crippen LogP contribution in [0.3, 0.4) is 0 Å². The van der Waals surface area contributed by atoms with Gasteiger partial charge in [-0.15, -0.1) is 6.58 Å². The third kappa shape index (κ3) is 7.01. The number of nitrogens with zero attached hydrogens (tertiary/aromatic N) is 4. The third-order valence-corrected chi connectivity index (χ3v) is 9.26. The van der Waals surface area contributed by atoms with E-state index < -0.39 is 11.0 Å². The number of non-ortho nitro benzene ring substituents is 1. The normalized spacial score (nSPS) is 22.0. The first kappa shape index (κ1) is 29.8. The molecule has 0 N–H and O–H groups in total. The van der Waals surface area contributed by atoms with Crippen LogP contribution >= 0.6 is 0 Å². The lowest BCUT2D eigenvalue weighted by molar-refractivity contribution is -0.384. The first-order valence-electron chi connectivity index (χ1n) is 15.3. The number of ether oxygens (including phenoxy) is 1. The van der Waals surface area contributed by atoms with E-state index in [2.05, 4.69) is 40.6 Å². The van der Waals surface area contributed by atoms with E-state index in [1.165, 1.54) is 24.1 Å². The van der Waals surface area contributed by atoms with E-state index in [-0.39, 0.29) is 36.2 Å². The number of carbonyl (C=O) groups excluding carboxylic acids is 2. The summed E-state index contributed by atoms with van der Waals surface area (Å²) in [4.78, 5) is 43.5. The highest BCUT2D eigenvalue weighted by molar-refractivity contribution is 5.79. The zero-order valence-electron chi connectivity index (χ0n) is 24.3. The predicted molar refractivity (Wildman–Crippen MR) is 161 cm³/mol. The highest BCUT2D eigenvalue weighted by atomic mass is 16.6. The number of nitro groups is 1. The van der Waals surface area contributed by atoms with Gasteiger partial charge in [-0.05, 0) is 48.9 Å². The van der Waals surface area contributed by atoms with E-state index in [1.54, 1.807) is 23.1 Å². The number of hydrogen-bond donors (Lipinski definition) is 0. The molecule has 3 fully saturated rings. The average molecular weight is 575 g/mol. The number of rotatable bonds is 9. The zero-order chi connectivity index (χ0) is 29.5. The van der Waals surface area contributed by atoms with Gasteiger partial charge < -0.3 is 14.5 Å². The summed E-state index contributed by atoms with van der Waals surface area (Å²) in [6.45, 7) is 7.49. The van der Waals surface area contributed by atoms with Crippen LogP contribution in [0, 0.1) is 16.0 Å². The van der Waals surface area contributed by atoms with E-state index >= 15 is 0 Å². The zero-order valence-corrected chi connectivity index (χ0v) is 24.3. The number of hydrogen-bond acceptors (Lipinski definition) is 6. The van der Waals surface area contributed by atoms with Crippen LogP contribution in [0.1, 0.15) is 62.0 Å². The van der Waals surface area contributed by atoms with Crippen molar-refractivity contribution in [3.05, 3.63) is 88.5 Å². The van der Waals surface area contributed by atoms with Crippen molar-refractivity contribution in [2.45, 2.75) is 69.6 Å². The van der Waals surface area contributed by atoms with Crippen LogP contribution in [0.4, 0.5) is 10.5 Å². The standard InChI is InChI=1S/C33H42N4O5/c1-2-19-36(33(39)42-24-25-13-15-29(16-14-25)37(40)41)28-17-20-34(21-18-28)31-23-35(32(38)27-11-7-4-8-12-27)22-30(31)26-9-5-3-6-10-26/h2-3,5-6,9-10,13-16,27-28,30-31H,1,4,7-8,11-12,17-24H2/t30-,31+/m1/s1. The molecule has 9 heteroatoms. The number of amides is 2. The molecule has 9 nitrogen and oxygen atoms in total. The molecule has 3 aliphatic rings. The molecular formula is C33H42N4O5. The fraction of sp³-hybridized carbons (Fsp3) is 0.515. The summed E-state index contributed by atoms with van der Waals surface area (Å²) in [5.74, 6) is 0.774. The topological polar surface area (TPSA) is 96.2 Å². The molecule has 224 valence electrons. The predicted octanol–water partition coefficient (Wildman–Crippen LogP) is 5.76. The Kier molecular flexibility index (Phi) is 9.89. The van der Waals surface area contributed by atoms with Gasteiger partial charge in [0.05, 0.1) is 4.92 Å². The molecule has 1 aliphatic carbocycles. The van der Waals surface area contributed by atoms with Crippen molar-refractivity contribution in [2.75, 3.05) is 32.7 Å². The van der Waals surface area contributed by atoms with E-state index in [9.17, 15) is 19.7 Å². The van der Waals surface area contributed by atoms with Crippen molar-refractivity contribution >= 4 is 17.7 Å². The minimum atomic E-state index is -0.451. The summed E-state index contributed by atoms with van der Waals surface area (Å²) in [5, 5.41) is 10.9. The number of benzene rings is 2. The molecule has 1 saturated carbocycles. The minimum Gasteiger partial charge on any atom is -0.445 e. The van der Waals surface area contributed by atoms with Crippen LogP contribution in [0.15, 0.2) is 67.3 Å². The van der Waals surface area contributed by atoms with Gasteiger partial charge in [-0.3, -0.25) is 19.8 Å². The highest BCUT2D eigenvalue weighted by Crippen LogP contribution is 2.36. The molecule has 2 aromatic carbocycles. The SMILES string of the molecule is C=CCN(C(=O)OCc1ccc([N+](=O)[O-])cc1)C1CCN([C@H]2CN(C(=O)C3CCCCC3)C[C@@H]2c2ccccc2)CC1. The fourth-order valence-electron chi connectivity index (χ4n) is 6.95. The van der Waals surface area contributed by atoms with Gasteiger partial charge in [-0.1, -0.05) is 55.7 Å². The summed E-state index contributed by atoms with van der Waals surface area (Å²) in [6, 6.07) is 16.9. The lowest BCUT2D eigenvalue weighted by Gasteiger charge is -2.41. The van der Waals surface area contributed by atoms with E-state index in [0.717, 1.165) is 64.7 Å². The second-order valence-electron chi connectivity index (χ2n) is 11.8. The Bertz CT molecular complexity index is 1220. The molecule has 5 rings (SSSR count). The smallest absolute Gasteiger partial charge is 0.410 e. The summed E-state index contributed by atoms with van der Waals surface area (Å²) < 4.78 is 5.61. The number of carbonyl (C=O) groups is 2. The number of likely N-dealkylation sites (tertiary alicyclic amines) is 2. The summed E-state index contributed by atoms with van der Waals surface area (Å²) in [6.07, 6.45) is 8.52. The van der Waals surface area contributed by atoms with E-state index in [4.69, 9.17) is 4.74 Å². The van der Waals surface area contributed by atoms with Gasteiger partial charge in [-0.25, -0.2) is 4.79 Å². The van der Waals surface area contributed by atoms with E-state index in [1.807, 2.05) is 6.07 Å². The van der Waals surface area contributed by atoms with Crippen molar-refractivity contribution < 1.29 is 19.2 Å². The Morgan fingerprint density at radius 1 is 0.976 bits per heavy atom. The highest BCUT2D eigenvalue weighted by Gasteiger charge is 2.42. The first-order chi connectivity index (χ1) is 20.4. The largest absolute Gasteiger partial charge is 0.445 e. The van der Waals surface area contributed by atoms with Gasteiger partial charge in [0, 0.05) is 68.8 Å². The molecule has 2 heterocycles. The molecule has 2 amide bonds. The monoisotopic (exact) mass is 574 g/mol. The van der Waals surface area contributed by atoms with Gasteiger partial charge in [0.2, 0.25) is 5.91 Å². The second kappa shape index (κ2) is 14.0. The molecular weight excluding hydrogens is 532 g/mol. The molecule has 0 bridgehead atoms. The summed E-state index contributed by atoms with van der Waals surface area (Å²) >= 11 is 0. The number of piperidine rings is 1. The maximum absolute atomic E-state index is 13.5. The molecule has 2 atom stereocenters. The summed E-state index contributed by atoms with van der Waals surface area (Å²) in [5.41, 5.74) is 1.98. The van der Waals surface area contributed by atoms with Crippen LogP contribution in [0.2, 0.25) is 0 Å². The van der Waals surface area contributed by atoms with Crippen molar-refractivity contribution in [1.29, 1.82) is 0 Å². The van der Waals surface area contributed by atoms with Gasteiger partial charge in [-0.2, -0.15) is 0 Å². The van der Waals surface area contributed by atoms with Gasteiger partial charge in [0.25, 0.3) is 5.69 Å². The quantitative estimate of drug-likeness (QED) is 0.215. The lowest BCUT2D eigenvalue weighted by atomic mass is 9.88. The molecule has 2 aliphatic heterocycles. The third-order valence-electron chi connectivity index (χ3n) is 9.26. The molecule has 0 spiro atoms. The Labute approximate surface area is 248 Å². The minimum absolute atomic E-state index is 0.00311. The van der Waals surface area contributed by atoms with Crippen LogP contribution < -0.4 is 0 Å². The van der Waals surface area contributed by atoms with Crippen molar-refractivity contribution in [2.24, 2.45) is 5.92 Å². The Morgan fingerprint density at radius 3 is 2.31 bits per heavy atom. The van der Waals surface area contributed by atoms with Gasteiger partial charge >= 0.3 is 6.09 Å². The Hall–Kier alpha value is -3.72. The molecule has 42 heavy (non-hydrogen) atoms. The van der Waals surface area contributed by atoms with Crippen molar-refractivity contribution in [1.82, 2.24) is 14.7 Å². The fourth-order valence-corrected chi connectivity index (χ4v) is 6.95. The Morgan fingerprint density at radius 2 is 1.67 bits per heavy atom. The van der Waals surface area contributed by atoms with Crippen LogP contribution in [-0.2, 0) is 16.1 Å².